The minimum Gasteiger partial charge on any atom is -0.375 e. The fraction of sp³-hybridized carbons (Fsp3) is 0.100. The van der Waals surface area contributed by atoms with Crippen LogP contribution in [0.3, 0.4) is 0 Å². The Kier molecular flexibility index (Phi) is 2.18. The molecule has 0 saturated heterocycles. The molecule has 1 aromatic heterocycles. The van der Waals surface area contributed by atoms with Gasteiger partial charge in [-0.05, 0) is 17.7 Å². The van der Waals surface area contributed by atoms with Crippen molar-refractivity contribution in [3.05, 3.63) is 28.6 Å². The van der Waals surface area contributed by atoms with Gasteiger partial charge in [0.25, 0.3) is 0 Å². The predicted octanol–water partition coefficient (Wildman–Crippen LogP) is 1.10. The largest absolute Gasteiger partial charge is 0.375 e. The normalized spacial score (nSPS) is 13.5. The number of rotatable bonds is 1. The lowest BCUT2D eigenvalue weighted by Crippen LogP contribution is -2.04. The molecule has 0 fully saturated rings. The van der Waals surface area contributed by atoms with E-state index < -0.39 is 7.60 Å². The van der Waals surface area contributed by atoms with Crippen LogP contribution in [-0.4, -0.2) is 14.8 Å². The van der Waals surface area contributed by atoms with Crippen LogP contribution in [0.2, 0.25) is 0 Å². The van der Waals surface area contributed by atoms with E-state index >= 15 is 0 Å². The summed E-state index contributed by atoms with van der Waals surface area (Å²) >= 11 is 1.42. The van der Waals surface area contributed by atoms with Gasteiger partial charge < -0.3 is 15.5 Å². The Labute approximate surface area is 101 Å². The van der Waals surface area contributed by atoms with E-state index in [2.05, 4.69) is 4.98 Å². The van der Waals surface area contributed by atoms with E-state index in [1.54, 1.807) is 6.07 Å². The van der Waals surface area contributed by atoms with Crippen molar-refractivity contribution in [2.45, 2.75) is 6.42 Å². The Morgan fingerprint density at radius 1 is 1.41 bits per heavy atom. The maximum atomic E-state index is 11.2. The molecule has 0 bridgehead atoms. The Hall–Kier alpha value is -1.20. The first-order valence-corrected chi connectivity index (χ1v) is 7.32. The number of hydrogen-bond acceptors (Lipinski definition) is 4. The molecule has 7 heteroatoms. The number of nitrogens with zero attached hydrogens (tertiary/aromatic N) is 1. The summed E-state index contributed by atoms with van der Waals surface area (Å²) in [7, 11) is -4.21. The predicted molar refractivity (Wildman–Crippen MR) is 66.4 cm³/mol. The Morgan fingerprint density at radius 2 is 2.18 bits per heavy atom. The number of hydrogen-bond donors (Lipinski definition) is 3. The molecule has 5 nitrogen and oxygen atoms in total. The first kappa shape index (κ1) is 10.9. The zero-order valence-electron chi connectivity index (χ0n) is 8.62. The van der Waals surface area contributed by atoms with Crippen molar-refractivity contribution >= 4 is 29.4 Å². The molecule has 0 atom stereocenters. The lowest BCUT2D eigenvalue weighted by molar-refractivity contribution is 0.387. The maximum Gasteiger partial charge on any atom is 0.356 e. The first-order chi connectivity index (χ1) is 7.95. The third kappa shape index (κ3) is 1.70. The fourth-order valence-electron chi connectivity index (χ4n) is 1.99. The van der Waals surface area contributed by atoms with Gasteiger partial charge in [0.2, 0.25) is 0 Å². The minimum absolute atomic E-state index is 0.0238. The third-order valence-corrected chi connectivity index (χ3v) is 4.59. The van der Waals surface area contributed by atoms with Crippen molar-refractivity contribution in [3.8, 4) is 11.3 Å². The van der Waals surface area contributed by atoms with Gasteiger partial charge in [-0.2, -0.15) is 0 Å². The molecule has 17 heavy (non-hydrogen) atoms. The van der Waals surface area contributed by atoms with Crippen molar-refractivity contribution in [1.29, 1.82) is 0 Å². The Balaban J connectivity index is 2.20. The summed E-state index contributed by atoms with van der Waals surface area (Å²) in [4.78, 5) is 23.5. The summed E-state index contributed by atoms with van der Waals surface area (Å²) in [6.07, 6.45) is 0.737. The highest BCUT2D eigenvalue weighted by atomic mass is 32.1. The fourth-order valence-corrected chi connectivity index (χ4v) is 3.43. The quantitative estimate of drug-likeness (QED) is 0.574. The van der Waals surface area contributed by atoms with Crippen LogP contribution in [0.25, 0.3) is 11.3 Å². The Morgan fingerprint density at radius 3 is 2.88 bits per heavy atom. The van der Waals surface area contributed by atoms with Crippen LogP contribution in [-0.2, 0) is 11.0 Å². The van der Waals surface area contributed by atoms with Crippen molar-refractivity contribution in [1.82, 2.24) is 4.98 Å². The summed E-state index contributed by atoms with van der Waals surface area (Å²) in [5.41, 5.74) is 8.21. The van der Waals surface area contributed by atoms with Crippen LogP contribution in [0.1, 0.15) is 10.4 Å². The van der Waals surface area contributed by atoms with Crippen molar-refractivity contribution in [2.24, 2.45) is 0 Å². The van der Waals surface area contributed by atoms with E-state index in [4.69, 9.17) is 15.5 Å². The van der Waals surface area contributed by atoms with E-state index in [9.17, 15) is 4.57 Å². The molecule has 0 amide bonds. The molecular formula is C10H9N2O3PS. The average Bonchev–Trinajstić information content (AvgIpc) is 2.71. The monoisotopic (exact) mass is 268 g/mol. The van der Waals surface area contributed by atoms with E-state index in [-0.39, 0.29) is 5.30 Å². The highest BCUT2D eigenvalue weighted by Gasteiger charge is 2.26. The van der Waals surface area contributed by atoms with Gasteiger partial charge in [0.05, 0.1) is 11.0 Å². The van der Waals surface area contributed by atoms with Crippen molar-refractivity contribution in [2.75, 3.05) is 5.73 Å². The van der Waals surface area contributed by atoms with Gasteiger partial charge >= 0.3 is 7.60 Å². The molecule has 1 aliphatic rings. The van der Waals surface area contributed by atoms with Crippen molar-refractivity contribution < 1.29 is 14.4 Å². The third-order valence-electron chi connectivity index (χ3n) is 2.75. The summed E-state index contributed by atoms with van der Waals surface area (Å²) in [6.45, 7) is 0. The second-order valence-electron chi connectivity index (χ2n) is 3.89. The summed E-state index contributed by atoms with van der Waals surface area (Å²) in [5.74, 6) is 0. The standard InChI is InChI=1S/C10H9N2O3PS/c11-10-12-9-7-4-6(16(13,14)15)2-1-5(7)3-8(9)17-10/h1-2,4H,3H2,(H2,11,12)(H2,13,14,15). The molecule has 1 aliphatic carbocycles. The highest BCUT2D eigenvalue weighted by Crippen LogP contribution is 2.42. The number of anilines is 1. The molecule has 88 valence electrons. The van der Waals surface area contributed by atoms with E-state index in [0.717, 1.165) is 28.1 Å². The van der Waals surface area contributed by atoms with Crippen molar-refractivity contribution in [3.63, 3.8) is 0 Å². The molecule has 2 aromatic rings. The number of nitrogen functional groups attached to an aromatic ring is 1. The lowest BCUT2D eigenvalue weighted by Gasteiger charge is -2.06. The van der Waals surface area contributed by atoms with Crippen LogP contribution < -0.4 is 11.0 Å². The SMILES string of the molecule is Nc1nc2c(s1)Cc1ccc(P(=O)(O)O)cc1-2. The van der Waals surface area contributed by atoms with Crippen LogP contribution in [0, 0.1) is 0 Å². The molecule has 3 rings (SSSR count). The highest BCUT2D eigenvalue weighted by molar-refractivity contribution is 7.60. The average molecular weight is 268 g/mol. The molecule has 0 saturated carbocycles. The minimum atomic E-state index is -4.21. The summed E-state index contributed by atoms with van der Waals surface area (Å²) in [6, 6.07) is 4.73. The molecule has 1 aromatic carbocycles. The summed E-state index contributed by atoms with van der Waals surface area (Å²) in [5, 5.41) is 0.512. The second-order valence-corrected chi connectivity index (χ2v) is 6.61. The lowest BCUT2D eigenvalue weighted by atomic mass is 10.1. The number of nitrogens with two attached hydrogens (primary N) is 1. The van der Waals surface area contributed by atoms with Crippen LogP contribution in [0.4, 0.5) is 5.13 Å². The smallest absolute Gasteiger partial charge is 0.356 e. The first-order valence-electron chi connectivity index (χ1n) is 4.90. The van der Waals surface area contributed by atoms with Gasteiger partial charge in [-0.15, -0.1) is 11.3 Å². The molecule has 0 radical (unpaired) electrons. The van der Waals surface area contributed by atoms with Gasteiger partial charge in [0, 0.05) is 16.9 Å². The van der Waals surface area contributed by atoms with Crippen LogP contribution in [0.15, 0.2) is 18.2 Å². The molecule has 0 unspecified atom stereocenters. The second kappa shape index (κ2) is 3.40. The number of benzene rings is 1. The Bertz CT molecular complexity index is 662. The molecule has 0 aliphatic heterocycles. The van der Waals surface area contributed by atoms with Gasteiger partial charge in [0.1, 0.15) is 0 Å². The zero-order valence-corrected chi connectivity index (χ0v) is 10.3. The number of aromatic nitrogens is 1. The molecule has 4 N–H and O–H groups in total. The maximum absolute atomic E-state index is 11.2. The molecule has 1 heterocycles. The van der Waals surface area contributed by atoms with E-state index in [1.165, 1.54) is 23.5 Å². The van der Waals surface area contributed by atoms with Crippen LogP contribution >= 0.6 is 18.9 Å². The van der Waals surface area contributed by atoms with Gasteiger partial charge in [-0.25, -0.2) is 4.98 Å². The van der Waals surface area contributed by atoms with Gasteiger partial charge in [-0.1, -0.05) is 6.07 Å². The summed E-state index contributed by atoms with van der Waals surface area (Å²) < 4.78 is 11.2. The molecule has 0 spiro atoms. The van der Waals surface area contributed by atoms with E-state index in [1.807, 2.05) is 0 Å². The van der Waals surface area contributed by atoms with E-state index in [0.29, 0.717) is 5.13 Å². The number of thiazole rings is 1. The zero-order chi connectivity index (χ0) is 12.2. The van der Waals surface area contributed by atoms with Gasteiger partial charge in [0.15, 0.2) is 5.13 Å². The number of fused-ring (bicyclic) bond motifs is 3. The topological polar surface area (TPSA) is 96.4 Å². The van der Waals surface area contributed by atoms with Gasteiger partial charge in [-0.3, -0.25) is 4.57 Å². The van der Waals surface area contributed by atoms with Crippen LogP contribution in [0.5, 0.6) is 0 Å². The molecular weight excluding hydrogens is 259 g/mol.